The van der Waals surface area contributed by atoms with E-state index < -0.39 is 0 Å². The number of benzene rings is 7. The monoisotopic (exact) mass is 600 g/mol. The molecule has 10 rings (SSSR count). The number of allylic oxidation sites excluding steroid dienone is 3. The molecule has 0 bridgehead atoms. The van der Waals surface area contributed by atoms with E-state index in [4.69, 9.17) is 4.74 Å². The average molecular weight is 601 g/mol. The van der Waals surface area contributed by atoms with Crippen LogP contribution in [0, 0.1) is 0 Å². The van der Waals surface area contributed by atoms with E-state index in [9.17, 15) is 0 Å². The van der Waals surface area contributed by atoms with Crippen molar-refractivity contribution in [3.05, 3.63) is 174 Å². The predicted octanol–water partition coefficient (Wildman–Crippen LogP) is 11.9. The van der Waals surface area contributed by atoms with Crippen molar-refractivity contribution in [2.45, 2.75) is 24.9 Å². The van der Waals surface area contributed by atoms with Crippen LogP contribution in [0.1, 0.15) is 34.6 Å². The minimum absolute atomic E-state index is 0.00442. The zero-order chi connectivity index (χ0) is 30.9. The normalized spacial score (nSPS) is 17.7. The van der Waals surface area contributed by atoms with Crippen LogP contribution < -0.4 is 4.74 Å². The standard InChI is InChI=1S/C46H32O/c1-2-12-29(13-3-1)45-36-18-8-10-20-38(36)46(39-21-11-9-19-37(39)45)32-23-25-44-42(28-32)41-27-31(22-24-43(41)47-44)40-26-30-14-4-5-15-33(30)34-16-6-7-17-35(34)40/h1-5,7-15,17-28,41,43H,6,16H2. The maximum absolute atomic E-state index is 6.58. The SMILES string of the molecule is C1=Cc2c(C3=CC4c5cc(-c6c7ccccc7c(-c7ccccc7)c7ccccc67)ccc5OC4C=C3)cc3ccccc3c2CC1. The highest BCUT2D eigenvalue weighted by atomic mass is 16.5. The summed E-state index contributed by atoms with van der Waals surface area (Å²) in [4.78, 5) is 0. The van der Waals surface area contributed by atoms with Gasteiger partial charge in [-0.1, -0.05) is 133 Å². The number of aryl methyl sites for hydroxylation is 1. The molecule has 0 radical (unpaired) electrons. The maximum Gasteiger partial charge on any atom is 0.128 e. The molecule has 2 atom stereocenters. The van der Waals surface area contributed by atoms with Crippen molar-refractivity contribution < 1.29 is 4.74 Å². The molecule has 1 heteroatoms. The van der Waals surface area contributed by atoms with E-state index >= 15 is 0 Å². The van der Waals surface area contributed by atoms with Gasteiger partial charge in [0.15, 0.2) is 0 Å². The van der Waals surface area contributed by atoms with E-state index in [1.54, 1.807) is 0 Å². The number of hydrogen-bond donors (Lipinski definition) is 0. The van der Waals surface area contributed by atoms with E-state index in [0.29, 0.717) is 0 Å². The molecule has 1 aliphatic heterocycles. The highest BCUT2D eigenvalue weighted by molar-refractivity contribution is 6.21. The third kappa shape index (κ3) is 4.09. The lowest BCUT2D eigenvalue weighted by Gasteiger charge is -2.23. The second-order valence-electron chi connectivity index (χ2n) is 13.0. The zero-order valence-corrected chi connectivity index (χ0v) is 26.0. The van der Waals surface area contributed by atoms with Crippen LogP contribution in [0.3, 0.4) is 0 Å². The third-order valence-electron chi connectivity index (χ3n) is 10.5. The van der Waals surface area contributed by atoms with Crippen LogP contribution >= 0.6 is 0 Å². The van der Waals surface area contributed by atoms with Crippen molar-refractivity contribution in [1.82, 2.24) is 0 Å². The highest BCUT2D eigenvalue weighted by Gasteiger charge is 2.34. The topological polar surface area (TPSA) is 9.23 Å². The summed E-state index contributed by atoms with van der Waals surface area (Å²) in [6.45, 7) is 0. The van der Waals surface area contributed by atoms with E-state index in [1.807, 2.05) is 0 Å². The molecule has 47 heavy (non-hydrogen) atoms. The molecule has 3 aliphatic rings. The highest BCUT2D eigenvalue weighted by Crippen LogP contribution is 2.49. The Balaban J connectivity index is 1.15. The smallest absolute Gasteiger partial charge is 0.128 e. The summed E-state index contributed by atoms with van der Waals surface area (Å²) in [6, 6.07) is 46.7. The molecule has 0 N–H and O–H groups in total. The van der Waals surface area contributed by atoms with Crippen LogP contribution in [0.4, 0.5) is 0 Å². The lowest BCUT2D eigenvalue weighted by atomic mass is 9.81. The van der Waals surface area contributed by atoms with Crippen molar-refractivity contribution in [1.29, 1.82) is 0 Å². The zero-order valence-electron chi connectivity index (χ0n) is 26.0. The number of fused-ring (bicyclic) bond motifs is 8. The van der Waals surface area contributed by atoms with Crippen LogP contribution in [0.15, 0.2) is 152 Å². The van der Waals surface area contributed by atoms with Crippen molar-refractivity contribution in [2.75, 3.05) is 0 Å². The Hall–Kier alpha value is -5.66. The summed E-state index contributed by atoms with van der Waals surface area (Å²) < 4.78 is 6.58. The van der Waals surface area contributed by atoms with E-state index in [0.717, 1.165) is 18.6 Å². The number of rotatable bonds is 3. The van der Waals surface area contributed by atoms with Crippen LogP contribution in [-0.4, -0.2) is 6.10 Å². The molecule has 2 aliphatic carbocycles. The fourth-order valence-corrected chi connectivity index (χ4v) is 8.36. The summed E-state index contributed by atoms with van der Waals surface area (Å²) in [5.74, 6) is 1.14. The molecule has 0 saturated heterocycles. The summed E-state index contributed by atoms with van der Waals surface area (Å²) in [7, 11) is 0. The summed E-state index contributed by atoms with van der Waals surface area (Å²) in [5, 5.41) is 7.80. The van der Waals surface area contributed by atoms with Gasteiger partial charge in [-0.25, -0.2) is 0 Å². The van der Waals surface area contributed by atoms with E-state index in [2.05, 4.69) is 158 Å². The van der Waals surface area contributed by atoms with Gasteiger partial charge in [-0.3, -0.25) is 0 Å². The van der Waals surface area contributed by atoms with E-state index in [-0.39, 0.29) is 12.0 Å². The minimum Gasteiger partial charge on any atom is -0.485 e. The Morgan fingerprint density at radius 3 is 1.98 bits per heavy atom. The largest absolute Gasteiger partial charge is 0.485 e. The van der Waals surface area contributed by atoms with Gasteiger partial charge in [-0.2, -0.15) is 0 Å². The van der Waals surface area contributed by atoms with Crippen LogP contribution in [0.5, 0.6) is 5.75 Å². The molecule has 0 fully saturated rings. The Bertz CT molecular complexity index is 2440. The lowest BCUT2D eigenvalue weighted by molar-refractivity contribution is 0.269. The van der Waals surface area contributed by atoms with Crippen molar-refractivity contribution in [3.8, 4) is 28.0 Å². The predicted molar refractivity (Wildman–Crippen MR) is 198 cm³/mol. The maximum atomic E-state index is 6.58. The Morgan fingerprint density at radius 1 is 0.574 bits per heavy atom. The first-order chi connectivity index (χ1) is 23.3. The molecular weight excluding hydrogens is 569 g/mol. The first kappa shape index (κ1) is 26.5. The van der Waals surface area contributed by atoms with Gasteiger partial charge < -0.3 is 4.74 Å². The molecule has 0 amide bonds. The molecular formula is C46H32O. The summed E-state index contributed by atoms with van der Waals surface area (Å²) in [6.07, 6.45) is 13.9. The Morgan fingerprint density at radius 2 is 1.23 bits per heavy atom. The van der Waals surface area contributed by atoms with Gasteiger partial charge in [0.2, 0.25) is 0 Å². The van der Waals surface area contributed by atoms with Gasteiger partial charge in [0.25, 0.3) is 0 Å². The van der Waals surface area contributed by atoms with Gasteiger partial charge in [0.05, 0.1) is 0 Å². The van der Waals surface area contributed by atoms with Crippen LogP contribution in [0.25, 0.3) is 66.2 Å². The Labute approximate surface area is 274 Å². The van der Waals surface area contributed by atoms with Gasteiger partial charge in [0, 0.05) is 11.5 Å². The Kier molecular flexibility index (Phi) is 5.90. The second-order valence-corrected chi connectivity index (χ2v) is 13.0. The summed E-state index contributed by atoms with van der Waals surface area (Å²) in [5.41, 5.74) is 11.8. The quantitative estimate of drug-likeness (QED) is 0.183. The molecule has 0 spiro atoms. The molecule has 222 valence electrons. The second kappa shape index (κ2) is 10.4. The molecule has 1 nitrogen and oxygen atoms in total. The van der Waals surface area contributed by atoms with Crippen LogP contribution in [0.2, 0.25) is 0 Å². The lowest BCUT2D eigenvalue weighted by Crippen LogP contribution is -2.17. The number of hydrogen-bond acceptors (Lipinski definition) is 1. The molecule has 7 aromatic carbocycles. The average Bonchev–Trinajstić information content (AvgIpc) is 3.51. The molecule has 1 heterocycles. The van der Waals surface area contributed by atoms with Gasteiger partial charge in [-0.05, 0) is 114 Å². The molecule has 7 aromatic rings. The van der Waals surface area contributed by atoms with Crippen molar-refractivity contribution >= 4 is 44.0 Å². The fourth-order valence-electron chi connectivity index (χ4n) is 8.36. The summed E-state index contributed by atoms with van der Waals surface area (Å²) >= 11 is 0. The van der Waals surface area contributed by atoms with Crippen LogP contribution in [-0.2, 0) is 6.42 Å². The minimum atomic E-state index is 0.00442. The molecule has 0 aromatic heterocycles. The van der Waals surface area contributed by atoms with Gasteiger partial charge >= 0.3 is 0 Å². The molecule has 0 saturated carbocycles. The fraction of sp³-hybridized carbons (Fsp3) is 0.0870. The molecule has 2 unspecified atom stereocenters. The van der Waals surface area contributed by atoms with Gasteiger partial charge in [0.1, 0.15) is 11.9 Å². The van der Waals surface area contributed by atoms with Crippen molar-refractivity contribution in [2.24, 2.45) is 0 Å². The van der Waals surface area contributed by atoms with E-state index in [1.165, 1.54) is 82.4 Å². The third-order valence-corrected chi connectivity index (χ3v) is 10.5. The van der Waals surface area contributed by atoms with Gasteiger partial charge in [-0.15, -0.1) is 0 Å². The first-order valence-corrected chi connectivity index (χ1v) is 16.7. The number of ether oxygens (including phenoxy) is 1. The first-order valence-electron chi connectivity index (χ1n) is 16.7. The van der Waals surface area contributed by atoms with Crippen molar-refractivity contribution in [3.63, 3.8) is 0 Å².